The zero-order chi connectivity index (χ0) is 19.5. The van der Waals surface area contributed by atoms with Gasteiger partial charge in [-0.2, -0.15) is 0 Å². The molecule has 0 spiro atoms. The van der Waals surface area contributed by atoms with Crippen LogP contribution >= 0.6 is 0 Å². The second kappa shape index (κ2) is 7.45. The van der Waals surface area contributed by atoms with Crippen LogP contribution in [0, 0.1) is 23.5 Å². The number of hydrogen-bond donors (Lipinski definition) is 1. The van der Waals surface area contributed by atoms with Crippen LogP contribution in [0.3, 0.4) is 0 Å². The Labute approximate surface area is 159 Å². The fourth-order valence-corrected chi connectivity index (χ4v) is 2.86. The number of nitrogens with zero attached hydrogens (tertiary/aromatic N) is 2. The fraction of sp³-hybridized carbons (Fsp3) is 0.0952. The Morgan fingerprint density at radius 1 is 1.00 bits per heavy atom. The summed E-state index contributed by atoms with van der Waals surface area (Å²) in [7, 11) is 0. The average Bonchev–Trinajstić information content (AvgIpc) is 3.10. The van der Waals surface area contributed by atoms with Gasteiger partial charge in [0.2, 0.25) is 0 Å². The van der Waals surface area contributed by atoms with Crippen molar-refractivity contribution in [3.63, 3.8) is 0 Å². The lowest BCUT2D eigenvalue weighted by atomic mass is 10.00. The van der Waals surface area contributed by atoms with Crippen molar-refractivity contribution in [2.75, 3.05) is 0 Å². The van der Waals surface area contributed by atoms with Gasteiger partial charge in [0, 0.05) is 6.20 Å². The Hall–Kier alpha value is -3.79. The lowest BCUT2D eigenvalue weighted by Gasteiger charge is -2.17. The largest absolute Gasteiger partial charge is 0.439 e. The number of carbonyl (C=O) groups is 1. The summed E-state index contributed by atoms with van der Waals surface area (Å²) in [6.45, 7) is 0. The third kappa shape index (κ3) is 3.67. The molecule has 1 fully saturated rings. The molecule has 0 saturated carbocycles. The van der Waals surface area contributed by atoms with E-state index < -0.39 is 24.1 Å². The molecule has 1 aliphatic heterocycles. The van der Waals surface area contributed by atoms with Crippen molar-refractivity contribution >= 4 is 6.09 Å². The van der Waals surface area contributed by atoms with Gasteiger partial charge in [-0.25, -0.2) is 23.5 Å². The van der Waals surface area contributed by atoms with E-state index in [1.807, 2.05) is 0 Å². The maximum absolute atomic E-state index is 13.7. The van der Waals surface area contributed by atoms with E-state index in [0.717, 1.165) is 0 Å². The smallest absolute Gasteiger partial charge is 0.408 e. The quantitative estimate of drug-likeness (QED) is 0.692. The van der Waals surface area contributed by atoms with E-state index in [2.05, 4.69) is 27.1 Å². The molecule has 138 valence electrons. The number of benzene rings is 1. The lowest BCUT2D eigenvalue weighted by Crippen LogP contribution is -2.20. The van der Waals surface area contributed by atoms with Gasteiger partial charge >= 0.3 is 6.09 Å². The van der Waals surface area contributed by atoms with Crippen LogP contribution < -0.4 is 5.32 Å². The van der Waals surface area contributed by atoms with Crippen molar-refractivity contribution in [3.05, 3.63) is 95.1 Å². The first-order valence-electron chi connectivity index (χ1n) is 8.42. The van der Waals surface area contributed by atoms with Gasteiger partial charge in [0.1, 0.15) is 23.2 Å². The zero-order valence-corrected chi connectivity index (χ0v) is 14.4. The maximum atomic E-state index is 13.7. The number of pyridine rings is 2. The van der Waals surface area contributed by atoms with Crippen LogP contribution in [0.5, 0.6) is 0 Å². The average molecular weight is 377 g/mol. The highest BCUT2D eigenvalue weighted by atomic mass is 19.1. The number of rotatable bonds is 2. The molecule has 0 radical (unpaired) electrons. The predicted octanol–water partition coefficient (Wildman–Crippen LogP) is 3.68. The third-order valence-corrected chi connectivity index (χ3v) is 4.17. The van der Waals surface area contributed by atoms with Gasteiger partial charge in [-0.05, 0) is 53.8 Å². The Bertz CT molecular complexity index is 1090. The highest BCUT2D eigenvalue weighted by Gasteiger charge is 2.37. The van der Waals surface area contributed by atoms with Crippen molar-refractivity contribution in [2.24, 2.45) is 0 Å². The van der Waals surface area contributed by atoms with Gasteiger partial charge in [-0.15, -0.1) is 0 Å². The minimum absolute atomic E-state index is 0.0244. The molecule has 2 aromatic heterocycles. The summed E-state index contributed by atoms with van der Waals surface area (Å²) in [5.74, 6) is 4.52. The second-order valence-corrected chi connectivity index (χ2v) is 6.03. The number of ether oxygens (including phenoxy) is 1. The first-order valence-corrected chi connectivity index (χ1v) is 8.42. The molecule has 28 heavy (non-hydrogen) atoms. The molecule has 3 aromatic rings. The van der Waals surface area contributed by atoms with Crippen LogP contribution in [0.4, 0.5) is 13.6 Å². The lowest BCUT2D eigenvalue weighted by molar-refractivity contribution is 0.132. The molecule has 1 saturated heterocycles. The summed E-state index contributed by atoms with van der Waals surface area (Å²) in [5.41, 5.74) is 1.57. The number of hydrogen-bond acceptors (Lipinski definition) is 4. The van der Waals surface area contributed by atoms with Gasteiger partial charge in [0.15, 0.2) is 11.9 Å². The summed E-state index contributed by atoms with van der Waals surface area (Å²) < 4.78 is 32.2. The number of alkyl carbamates (subject to hydrolysis) is 1. The number of carbonyl (C=O) groups excluding carboxylic acids is 1. The van der Waals surface area contributed by atoms with E-state index in [1.54, 1.807) is 30.3 Å². The van der Waals surface area contributed by atoms with Gasteiger partial charge < -0.3 is 10.1 Å². The predicted molar refractivity (Wildman–Crippen MR) is 95.9 cm³/mol. The molecule has 7 heteroatoms. The summed E-state index contributed by atoms with van der Waals surface area (Å²) in [6, 6.07) is 13.0. The highest BCUT2D eigenvalue weighted by Crippen LogP contribution is 2.35. The Morgan fingerprint density at radius 2 is 1.82 bits per heavy atom. The minimum Gasteiger partial charge on any atom is -0.439 e. The molecule has 0 bridgehead atoms. The van der Waals surface area contributed by atoms with E-state index in [4.69, 9.17) is 4.74 Å². The standard InChI is InChI=1S/C21H13F2N3O2/c22-14-8-6-13(7-9-14)20-19(26-21(27)28-20)18-5-1-3-15(25-18)10-11-17-16(23)4-2-12-24-17/h1-9,12,19-20H,(H,26,27)/t19-,20-/m0/s1. The molecule has 1 amide bonds. The van der Waals surface area contributed by atoms with Crippen LogP contribution in [-0.4, -0.2) is 16.1 Å². The van der Waals surface area contributed by atoms with Crippen LogP contribution in [0.1, 0.15) is 34.8 Å². The van der Waals surface area contributed by atoms with Crippen molar-refractivity contribution in [2.45, 2.75) is 12.1 Å². The van der Waals surface area contributed by atoms with Crippen LogP contribution in [0.15, 0.2) is 60.8 Å². The van der Waals surface area contributed by atoms with Gasteiger partial charge in [0.05, 0.1) is 5.69 Å². The number of cyclic esters (lactones) is 1. The summed E-state index contributed by atoms with van der Waals surface area (Å²) >= 11 is 0. The van der Waals surface area contributed by atoms with Gasteiger partial charge in [-0.1, -0.05) is 18.2 Å². The molecule has 5 nitrogen and oxygen atoms in total. The third-order valence-electron chi connectivity index (χ3n) is 4.17. The summed E-state index contributed by atoms with van der Waals surface area (Å²) in [4.78, 5) is 20.1. The van der Waals surface area contributed by atoms with Crippen LogP contribution in [-0.2, 0) is 4.74 Å². The molecular weight excluding hydrogens is 364 g/mol. The van der Waals surface area contributed by atoms with E-state index >= 15 is 0 Å². The SMILES string of the molecule is O=C1N[C@@H](c2cccc(C#Cc3ncccc3F)n2)[C@H](c2ccc(F)cc2)O1. The van der Waals surface area contributed by atoms with Crippen molar-refractivity contribution < 1.29 is 18.3 Å². The first-order chi connectivity index (χ1) is 13.6. The highest BCUT2D eigenvalue weighted by molar-refractivity contribution is 5.71. The van der Waals surface area contributed by atoms with Gasteiger partial charge in [0.25, 0.3) is 0 Å². The number of aromatic nitrogens is 2. The number of amides is 1. The zero-order valence-electron chi connectivity index (χ0n) is 14.4. The first kappa shape index (κ1) is 17.6. The molecule has 0 aliphatic carbocycles. The normalized spacial score (nSPS) is 18.0. The van der Waals surface area contributed by atoms with Crippen molar-refractivity contribution in [1.29, 1.82) is 0 Å². The molecule has 3 heterocycles. The van der Waals surface area contributed by atoms with Crippen molar-refractivity contribution in [1.82, 2.24) is 15.3 Å². The summed E-state index contributed by atoms with van der Waals surface area (Å²) in [6.07, 6.45) is 0.209. The molecular formula is C21H13F2N3O2. The molecule has 2 atom stereocenters. The molecule has 1 N–H and O–H groups in total. The minimum atomic E-state index is -0.656. The van der Waals surface area contributed by atoms with Crippen LogP contribution in [0.2, 0.25) is 0 Å². The molecule has 1 aliphatic rings. The topological polar surface area (TPSA) is 64.1 Å². The molecule has 4 rings (SSSR count). The molecule has 1 aromatic carbocycles. The fourth-order valence-electron chi connectivity index (χ4n) is 2.86. The van der Waals surface area contributed by atoms with E-state index in [9.17, 15) is 13.6 Å². The Morgan fingerprint density at radius 3 is 2.61 bits per heavy atom. The van der Waals surface area contributed by atoms with Crippen LogP contribution in [0.25, 0.3) is 0 Å². The summed E-state index contributed by atoms with van der Waals surface area (Å²) in [5, 5.41) is 2.71. The molecule has 0 unspecified atom stereocenters. The van der Waals surface area contributed by atoms with E-state index in [0.29, 0.717) is 17.0 Å². The van der Waals surface area contributed by atoms with Crippen molar-refractivity contribution in [3.8, 4) is 11.8 Å². The Kier molecular flexibility index (Phi) is 4.68. The van der Waals surface area contributed by atoms with Gasteiger partial charge in [-0.3, -0.25) is 0 Å². The van der Waals surface area contributed by atoms with E-state index in [-0.39, 0.29) is 11.5 Å². The monoisotopic (exact) mass is 377 g/mol. The second-order valence-electron chi connectivity index (χ2n) is 6.03. The number of halogens is 2. The van der Waals surface area contributed by atoms with E-state index in [1.165, 1.54) is 30.5 Å². The maximum Gasteiger partial charge on any atom is 0.408 e. The number of nitrogens with one attached hydrogen (secondary N) is 1. The Balaban J connectivity index is 1.64.